The van der Waals surface area contributed by atoms with Gasteiger partial charge in [0.25, 0.3) is 0 Å². The number of aromatic nitrogens is 1. The average molecular weight is 310 g/mol. The van der Waals surface area contributed by atoms with Gasteiger partial charge in [-0.2, -0.15) is 0 Å². The van der Waals surface area contributed by atoms with Crippen molar-refractivity contribution in [2.45, 2.75) is 64.5 Å². The van der Waals surface area contributed by atoms with Crippen LogP contribution < -0.4 is 16.4 Å². The summed E-state index contributed by atoms with van der Waals surface area (Å²) < 4.78 is 0. The van der Waals surface area contributed by atoms with E-state index in [4.69, 9.17) is 5.73 Å². The Bertz CT molecular complexity index is 474. The summed E-state index contributed by atoms with van der Waals surface area (Å²) in [6.45, 7) is 5.27. The maximum atomic E-state index is 11.9. The van der Waals surface area contributed by atoms with Crippen molar-refractivity contribution in [1.29, 1.82) is 0 Å². The number of nitrogens with one attached hydrogen (secondary N) is 2. The summed E-state index contributed by atoms with van der Waals surface area (Å²) in [5, 5.41) is 7.14. The molecule has 5 nitrogen and oxygen atoms in total. The monoisotopic (exact) mass is 310 g/mol. The Labute approximate surface area is 130 Å². The zero-order valence-electron chi connectivity index (χ0n) is 12.9. The largest absolute Gasteiger partial charge is 0.320 e. The number of nitrogens with two attached hydrogens (primary N) is 1. The molecule has 0 bridgehead atoms. The van der Waals surface area contributed by atoms with Crippen LogP contribution in [-0.4, -0.2) is 29.5 Å². The molecular weight excluding hydrogens is 284 g/mol. The first-order chi connectivity index (χ1) is 10.1. The second-order valence-electron chi connectivity index (χ2n) is 5.67. The van der Waals surface area contributed by atoms with E-state index in [1.54, 1.807) is 11.3 Å². The van der Waals surface area contributed by atoms with E-state index in [1.807, 2.05) is 6.92 Å². The summed E-state index contributed by atoms with van der Waals surface area (Å²) in [6, 6.07) is 0.110. The fraction of sp³-hybridized carbons (Fsp3) is 0.733. The molecule has 1 aromatic rings. The lowest BCUT2D eigenvalue weighted by atomic mass is 9.98. The predicted octanol–water partition coefficient (Wildman–Crippen LogP) is 2.07. The van der Waals surface area contributed by atoms with Crippen LogP contribution >= 0.6 is 11.3 Å². The molecule has 6 heteroatoms. The van der Waals surface area contributed by atoms with E-state index in [0.29, 0.717) is 17.6 Å². The van der Waals surface area contributed by atoms with Crippen molar-refractivity contribution in [3.63, 3.8) is 0 Å². The minimum Gasteiger partial charge on any atom is -0.320 e. The van der Waals surface area contributed by atoms with E-state index in [2.05, 4.69) is 22.5 Å². The Balaban J connectivity index is 1.93. The summed E-state index contributed by atoms with van der Waals surface area (Å²) in [5.41, 5.74) is 6.98. The number of thiazole rings is 1. The standard InChI is InChI=1S/C15H26N4OS/c1-3-5-11(16)14(20)19-15-18-12-7-6-10(17-8-4-2)9-13(12)21-15/h10-11,17H,3-9,16H2,1-2H3,(H,18,19,20). The fourth-order valence-corrected chi connectivity index (χ4v) is 3.68. The van der Waals surface area contributed by atoms with Gasteiger partial charge in [-0.25, -0.2) is 4.98 Å². The molecule has 1 aliphatic rings. The van der Waals surface area contributed by atoms with Crippen LogP contribution in [0.25, 0.3) is 0 Å². The van der Waals surface area contributed by atoms with Gasteiger partial charge >= 0.3 is 0 Å². The normalized spacial score (nSPS) is 19.1. The van der Waals surface area contributed by atoms with Crippen LogP contribution in [0.5, 0.6) is 0 Å². The van der Waals surface area contributed by atoms with Crippen LogP contribution in [0, 0.1) is 0 Å². The third-order valence-corrected chi connectivity index (χ3v) is 4.82. The zero-order chi connectivity index (χ0) is 15.2. The van der Waals surface area contributed by atoms with Gasteiger partial charge in [-0.3, -0.25) is 4.79 Å². The molecule has 1 aliphatic carbocycles. The number of fused-ring (bicyclic) bond motifs is 1. The molecule has 118 valence electrons. The van der Waals surface area contributed by atoms with Crippen LogP contribution in [0.15, 0.2) is 0 Å². The van der Waals surface area contributed by atoms with E-state index in [-0.39, 0.29) is 5.91 Å². The molecule has 4 N–H and O–H groups in total. The second kappa shape index (κ2) is 7.87. The lowest BCUT2D eigenvalue weighted by Crippen LogP contribution is -2.35. The van der Waals surface area contributed by atoms with Crippen molar-refractivity contribution in [3.8, 4) is 0 Å². The molecule has 1 amide bonds. The molecule has 2 unspecified atom stereocenters. The number of carbonyl (C=O) groups excluding carboxylic acids is 1. The van der Waals surface area contributed by atoms with Crippen molar-refractivity contribution in [2.24, 2.45) is 5.73 Å². The van der Waals surface area contributed by atoms with Crippen LogP contribution in [0.1, 0.15) is 50.1 Å². The Morgan fingerprint density at radius 1 is 1.48 bits per heavy atom. The van der Waals surface area contributed by atoms with E-state index in [0.717, 1.165) is 44.3 Å². The number of hydrogen-bond acceptors (Lipinski definition) is 5. The molecule has 2 rings (SSSR count). The van der Waals surface area contributed by atoms with Gasteiger partial charge in [-0.1, -0.05) is 20.3 Å². The van der Waals surface area contributed by atoms with Gasteiger partial charge in [0.1, 0.15) is 0 Å². The Morgan fingerprint density at radius 2 is 2.29 bits per heavy atom. The van der Waals surface area contributed by atoms with Crippen molar-refractivity contribution >= 4 is 22.4 Å². The summed E-state index contributed by atoms with van der Waals surface area (Å²) >= 11 is 1.60. The topological polar surface area (TPSA) is 80.0 Å². The number of anilines is 1. The Morgan fingerprint density at radius 3 is 3.00 bits per heavy atom. The maximum Gasteiger partial charge on any atom is 0.243 e. The highest BCUT2D eigenvalue weighted by atomic mass is 32.1. The lowest BCUT2D eigenvalue weighted by molar-refractivity contribution is -0.117. The summed E-state index contributed by atoms with van der Waals surface area (Å²) in [4.78, 5) is 17.8. The first-order valence-corrected chi connectivity index (χ1v) is 8.74. The molecule has 1 aromatic heterocycles. The third-order valence-electron chi connectivity index (χ3n) is 3.79. The van der Waals surface area contributed by atoms with Gasteiger partial charge in [0.05, 0.1) is 11.7 Å². The maximum absolute atomic E-state index is 11.9. The number of rotatable bonds is 7. The van der Waals surface area contributed by atoms with Gasteiger partial charge in [-0.15, -0.1) is 11.3 Å². The smallest absolute Gasteiger partial charge is 0.243 e. The molecule has 2 atom stereocenters. The van der Waals surface area contributed by atoms with Crippen molar-refractivity contribution in [1.82, 2.24) is 10.3 Å². The molecule has 0 spiro atoms. The highest BCUT2D eigenvalue weighted by Gasteiger charge is 2.23. The minimum absolute atomic E-state index is 0.122. The number of amides is 1. The second-order valence-corrected chi connectivity index (χ2v) is 6.75. The molecule has 0 aliphatic heterocycles. The number of nitrogens with zero attached hydrogens (tertiary/aromatic N) is 1. The van der Waals surface area contributed by atoms with Gasteiger partial charge in [0.15, 0.2) is 5.13 Å². The number of aryl methyl sites for hydroxylation is 1. The summed E-state index contributed by atoms with van der Waals surface area (Å²) in [5.74, 6) is -0.122. The van der Waals surface area contributed by atoms with E-state index >= 15 is 0 Å². The van der Waals surface area contributed by atoms with Crippen molar-refractivity contribution < 1.29 is 4.79 Å². The van der Waals surface area contributed by atoms with Crippen LogP contribution in [0.2, 0.25) is 0 Å². The SMILES string of the molecule is CCCNC1CCc2nc(NC(=O)C(N)CCC)sc2C1. The molecule has 0 aromatic carbocycles. The van der Waals surface area contributed by atoms with E-state index < -0.39 is 6.04 Å². The van der Waals surface area contributed by atoms with Gasteiger partial charge in [0.2, 0.25) is 5.91 Å². The number of carbonyl (C=O) groups is 1. The fourth-order valence-electron chi connectivity index (χ4n) is 2.59. The summed E-state index contributed by atoms with van der Waals surface area (Å²) in [6.07, 6.45) is 5.91. The van der Waals surface area contributed by atoms with Gasteiger partial charge in [-0.05, 0) is 38.6 Å². The molecule has 0 radical (unpaired) electrons. The molecule has 21 heavy (non-hydrogen) atoms. The van der Waals surface area contributed by atoms with E-state index in [1.165, 1.54) is 4.88 Å². The lowest BCUT2D eigenvalue weighted by Gasteiger charge is -2.21. The van der Waals surface area contributed by atoms with Crippen LogP contribution in [0.4, 0.5) is 5.13 Å². The van der Waals surface area contributed by atoms with E-state index in [9.17, 15) is 4.79 Å². The van der Waals surface area contributed by atoms with Crippen molar-refractivity contribution in [2.75, 3.05) is 11.9 Å². The first kappa shape index (κ1) is 16.4. The quantitative estimate of drug-likeness (QED) is 0.720. The van der Waals surface area contributed by atoms with Crippen molar-refractivity contribution in [3.05, 3.63) is 10.6 Å². The predicted molar refractivity (Wildman–Crippen MR) is 87.7 cm³/mol. The third kappa shape index (κ3) is 4.49. The van der Waals surface area contributed by atoms with Gasteiger partial charge in [0, 0.05) is 10.9 Å². The minimum atomic E-state index is -0.435. The zero-order valence-corrected chi connectivity index (χ0v) is 13.8. The molecule has 0 fully saturated rings. The molecule has 0 saturated heterocycles. The number of hydrogen-bond donors (Lipinski definition) is 3. The van der Waals surface area contributed by atoms with Gasteiger partial charge < -0.3 is 16.4 Å². The molecule has 0 saturated carbocycles. The highest BCUT2D eigenvalue weighted by molar-refractivity contribution is 7.15. The average Bonchev–Trinajstić information content (AvgIpc) is 2.86. The first-order valence-electron chi connectivity index (χ1n) is 7.92. The Hall–Kier alpha value is -0.980. The summed E-state index contributed by atoms with van der Waals surface area (Å²) in [7, 11) is 0. The Kier molecular flexibility index (Phi) is 6.14. The molecule has 1 heterocycles. The van der Waals surface area contributed by atoms with Crippen LogP contribution in [-0.2, 0) is 17.6 Å². The van der Waals surface area contributed by atoms with Crippen LogP contribution in [0.3, 0.4) is 0 Å². The molecular formula is C15H26N4OS. The highest BCUT2D eigenvalue weighted by Crippen LogP contribution is 2.29.